The lowest BCUT2D eigenvalue weighted by atomic mass is 9.99. The molecule has 1 aliphatic rings. The van der Waals surface area contributed by atoms with Gasteiger partial charge in [-0.3, -0.25) is 4.79 Å². The number of carbonyl (C=O) groups is 1. The molecule has 0 bridgehead atoms. The maximum absolute atomic E-state index is 12.7. The molecule has 2 aromatic rings. The van der Waals surface area contributed by atoms with Crippen molar-refractivity contribution in [2.24, 2.45) is 5.92 Å². The first-order valence-electron chi connectivity index (χ1n) is 9.40. The summed E-state index contributed by atoms with van der Waals surface area (Å²) in [6.07, 6.45) is 1.38. The largest absolute Gasteiger partial charge is 0.491 e. The summed E-state index contributed by atoms with van der Waals surface area (Å²) >= 11 is 1.20. The van der Waals surface area contributed by atoms with E-state index in [1.54, 1.807) is 17.5 Å². The molecule has 2 heterocycles. The summed E-state index contributed by atoms with van der Waals surface area (Å²) in [4.78, 5) is 12.5. The Morgan fingerprint density at radius 3 is 2.86 bits per heavy atom. The molecule has 152 valence electrons. The van der Waals surface area contributed by atoms with Gasteiger partial charge in [-0.2, -0.15) is 4.31 Å². The van der Waals surface area contributed by atoms with Crippen molar-refractivity contribution in [3.05, 3.63) is 46.8 Å². The van der Waals surface area contributed by atoms with Crippen LogP contribution in [0.2, 0.25) is 0 Å². The van der Waals surface area contributed by atoms with Crippen molar-refractivity contribution in [1.82, 2.24) is 9.62 Å². The van der Waals surface area contributed by atoms with Gasteiger partial charge in [0.2, 0.25) is 5.91 Å². The van der Waals surface area contributed by atoms with Crippen molar-refractivity contribution in [2.75, 3.05) is 26.2 Å². The van der Waals surface area contributed by atoms with Gasteiger partial charge in [0.25, 0.3) is 10.0 Å². The van der Waals surface area contributed by atoms with Gasteiger partial charge in [0.05, 0.1) is 12.5 Å². The number of ether oxygens (including phenoxy) is 1. The highest BCUT2D eigenvalue weighted by atomic mass is 32.2. The molecule has 1 fully saturated rings. The van der Waals surface area contributed by atoms with Gasteiger partial charge in [0.15, 0.2) is 0 Å². The molecule has 1 aliphatic heterocycles. The van der Waals surface area contributed by atoms with Crippen LogP contribution in [0.4, 0.5) is 0 Å². The van der Waals surface area contributed by atoms with Crippen LogP contribution in [0.5, 0.6) is 5.75 Å². The molecular weight excluding hydrogens is 396 g/mol. The number of thiophene rings is 1. The second kappa shape index (κ2) is 9.07. The zero-order valence-electron chi connectivity index (χ0n) is 16.2. The molecule has 1 N–H and O–H groups in total. The lowest BCUT2D eigenvalue weighted by Crippen LogP contribution is -2.45. The SMILES string of the molecule is Cc1cccc(OCCNC(=O)C2CCCN(S(=O)(=O)c3cccs3)C2)c1C. The van der Waals surface area contributed by atoms with Crippen LogP contribution in [0, 0.1) is 19.8 Å². The minimum absolute atomic E-state index is 0.115. The van der Waals surface area contributed by atoms with Crippen molar-refractivity contribution >= 4 is 27.3 Å². The van der Waals surface area contributed by atoms with Crippen LogP contribution in [0.1, 0.15) is 24.0 Å². The highest BCUT2D eigenvalue weighted by Crippen LogP contribution is 2.26. The van der Waals surface area contributed by atoms with E-state index in [9.17, 15) is 13.2 Å². The van der Waals surface area contributed by atoms with E-state index in [2.05, 4.69) is 5.32 Å². The Kier molecular flexibility index (Phi) is 6.74. The third-order valence-electron chi connectivity index (χ3n) is 5.06. The first-order chi connectivity index (χ1) is 13.4. The zero-order chi connectivity index (χ0) is 20.1. The van der Waals surface area contributed by atoms with E-state index < -0.39 is 10.0 Å². The third-order valence-corrected chi connectivity index (χ3v) is 8.30. The smallest absolute Gasteiger partial charge is 0.252 e. The van der Waals surface area contributed by atoms with Gasteiger partial charge in [-0.05, 0) is 55.3 Å². The molecule has 3 rings (SSSR count). The predicted octanol–water partition coefficient (Wildman–Crippen LogP) is 2.96. The summed E-state index contributed by atoms with van der Waals surface area (Å²) in [7, 11) is -3.51. The van der Waals surface area contributed by atoms with Crippen LogP contribution < -0.4 is 10.1 Å². The number of rotatable bonds is 7. The number of hydrogen-bond acceptors (Lipinski definition) is 5. The number of benzene rings is 1. The van der Waals surface area contributed by atoms with Gasteiger partial charge >= 0.3 is 0 Å². The molecule has 8 heteroatoms. The molecule has 0 spiro atoms. The molecular formula is C20H26N2O4S2. The van der Waals surface area contributed by atoms with E-state index >= 15 is 0 Å². The number of sulfonamides is 1. The molecule has 0 saturated carbocycles. The average molecular weight is 423 g/mol. The van der Waals surface area contributed by atoms with Gasteiger partial charge in [-0.1, -0.05) is 18.2 Å². The van der Waals surface area contributed by atoms with Gasteiger partial charge in [0.1, 0.15) is 16.6 Å². The Bertz CT molecular complexity index is 910. The molecule has 1 saturated heterocycles. The number of piperidine rings is 1. The molecule has 1 aromatic heterocycles. The zero-order valence-corrected chi connectivity index (χ0v) is 17.8. The summed E-state index contributed by atoms with van der Waals surface area (Å²) in [5.74, 6) is 0.375. The van der Waals surface area contributed by atoms with Crippen LogP contribution in [0.3, 0.4) is 0 Å². The Morgan fingerprint density at radius 2 is 2.11 bits per heavy atom. The van der Waals surface area contributed by atoms with E-state index in [-0.39, 0.29) is 18.4 Å². The van der Waals surface area contributed by atoms with E-state index in [1.165, 1.54) is 15.6 Å². The second-order valence-corrected chi connectivity index (χ2v) is 10.1. The Labute approximate surface area is 170 Å². The van der Waals surface area contributed by atoms with Crippen molar-refractivity contribution in [3.63, 3.8) is 0 Å². The Hall–Kier alpha value is -1.90. The molecule has 28 heavy (non-hydrogen) atoms. The number of nitrogens with one attached hydrogen (secondary N) is 1. The predicted molar refractivity (Wildman–Crippen MR) is 110 cm³/mol. The normalized spacial score (nSPS) is 18.0. The van der Waals surface area contributed by atoms with Crippen LogP contribution in [-0.4, -0.2) is 44.9 Å². The lowest BCUT2D eigenvalue weighted by Gasteiger charge is -2.30. The van der Waals surface area contributed by atoms with Gasteiger partial charge in [-0.25, -0.2) is 8.42 Å². The first kappa shape index (κ1) is 20.8. The minimum atomic E-state index is -3.51. The highest BCUT2D eigenvalue weighted by molar-refractivity contribution is 7.91. The van der Waals surface area contributed by atoms with E-state index in [0.29, 0.717) is 36.7 Å². The maximum Gasteiger partial charge on any atom is 0.252 e. The van der Waals surface area contributed by atoms with E-state index in [4.69, 9.17) is 4.74 Å². The average Bonchev–Trinajstić information content (AvgIpc) is 3.24. The van der Waals surface area contributed by atoms with Crippen molar-refractivity contribution in [1.29, 1.82) is 0 Å². The fourth-order valence-electron chi connectivity index (χ4n) is 3.27. The van der Waals surface area contributed by atoms with Gasteiger partial charge in [-0.15, -0.1) is 11.3 Å². The fourth-order valence-corrected chi connectivity index (χ4v) is 5.94. The molecule has 1 amide bonds. The van der Waals surface area contributed by atoms with Crippen LogP contribution in [0.15, 0.2) is 39.9 Å². The standard InChI is InChI=1S/C20H26N2O4S2/c1-15-6-3-8-18(16(15)2)26-12-10-21-20(23)17-7-4-11-22(14-17)28(24,25)19-9-5-13-27-19/h3,5-6,8-9,13,17H,4,7,10-12,14H2,1-2H3,(H,21,23). The van der Waals surface area contributed by atoms with Crippen molar-refractivity contribution in [2.45, 2.75) is 30.9 Å². The monoisotopic (exact) mass is 422 g/mol. The van der Waals surface area contributed by atoms with Crippen molar-refractivity contribution in [3.8, 4) is 5.75 Å². The van der Waals surface area contributed by atoms with Gasteiger partial charge in [0, 0.05) is 13.1 Å². The summed E-state index contributed by atoms with van der Waals surface area (Å²) in [6.45, 7) is 5.49. The molecule has 0 radical (unpaired) electrons. The first-order valence-corrected chi connectivity index (χ1v) is 11.7. The molecule has 1 aromatic carbocycles. The number of nitrogens with zero attached hydrogens (tertiary/aromatic N) is 1. The number of hydrogen-bond donors (Lipinski definition) is 1. The van der Waals surface area contributed by atoms with E-state index in [1.807, 2.05) is 32.0 Å². The van der Waals surface area contributed by atoms with E-state index in [0.717, 1.165) is 16.9 Å². The topological polar surface area (TPSA) is 75.7 Å². The number of aryl methyl sites for hydroxylation is 1. The number of amides is 1. The molecule has 1 unspecified atom stereocenters. The highest BCUT2D eigenvalue weighted by Gasteiger charge is 2.33. The van der Waals surface area contributed by atoms with Gasteiger partial charge < -0.3 is 10.1 Å². The van der Waals surface area contributed by atoms with Crippen LogP contribution in [0.25, 0.3) is 0 Å². The molecule has 1 atom stereocenters. The van der Waals surface area contributed by atoms with Crippen LogP contribution >= 0.6 is 11.3 Å². The summed E-state index contributed by atoms with van der Waals surface area (Å²) in [6, 6.07) is 9.22. The Morgan fingerprint density at radius 1 is 1.29 bits per heavy atom. The summed E-state index contributed by atoms with van der Waals surface area (Å²) in [5.41, 5.74) is 2.26. The maximum atomic E-state index is 12.7. The number of carbonyl (C=O) groups excluding carboxylic acids is 1. The fraction of sp³-hybridized carbons (Fsp3) is 0.450. The second-order valence-electron chi connectivity index (χ2n) is 6.97. The lowest BCUT2D eigenvalue weighted by molar-refractivity contribution is -0.126. The third kappa shape index (κ3) is 4.74. The summed E-state index contributed by atoms with van der Waals surface area (Å²) < 4.78 is 32.9. The summed E-state index contributed by atoms with van der Waals surface area (Å²) in [5, 5.41) is 4.63. The van der Waals surface area contributed by atoms with Crippen LogP contribution in [-0.2, 0) is 14.8 Å². The van der Waals surface area contributed by atoms with Crippen molar-refractivity contribution < 1.29 is 17.9 Å². The molecule has 0 aliphatic carbocycles. The minimum Gasteiger partial charge on any atom is -0.491 e. The Balaban J connectivity index is 1.50. The quantitative estimate of drug-likeness (QED) is 0.696. The molecule has 6 nitrogen and oxygen atoms in total.